The maximum Gasteiger partial charge on any atom is 0.257 e. The first-order valence-electron chi connectivity index (χ1n) is 9.61. The molecular weight excluding hydrogens is 382 g/mol. The van der Waals surface area contributed by atoms with Crippen LogP contribution >= 0.6 is 11.8 Å². The molecule has 0 radical (unpaired) electrons. The number of H-pyrrole nitrogens is 1. The lowest BCUT2D eigenvalue weighted by atomic mass is 10.2. The number of aromatic nitrogens is 2. The highest BCUT2D eigenvalue weighted by molar-refractivity contribution is 7.99. The Balaban J connectivity index is 1.51. The van der Waals surface area contributed by atoms with E-state index in [0.29, 0.717) is 24.6 Å². The fourth-order valence-corrected chi connectivity index (χ4v) is 3.42. The van der Waals surface area contributed by atoms with Crippen molar-refractivity contribution >= 4 is 23.6 Å². The number of rotatable bonds is 9. The van der Waals surface area contributed by atoms with E-state index in [-0.39, 0.29) is 5.91 Å². The lowest BCUT2D eigenvalue weighted by Crippen LogP contribution is -2.41. The van der Waals surface area contributed by atoms with Crippen molar-refractivity contribution in [3.63, 3.8) is 0 Å². The van der Waals surface area contributed by atoms with Gasteiger partial charge in [-0.2, -0.15) is 0 Å². The Morgan fingerprint density at radius 1 is 1.07 bits per heavy atom. The van der Waals surface area contributed by atoms with Crippen molar-refractivity contribution < 1.29 is 4.79 Å². The molecule has 0 saturated heterocycles. The van der Waals surface area contributed by atoms with Gasteiger partial charge in [0.15, 0.2) is 5.96 Å². The normalized spacial score (nSPS) is 11.2. The van der Waals surface area contributed by atoms with E-state index in [1.807, 2.05) is 42.6 Å². The molecule has 6 nitrogen and oxygen atoms in total. The van der Waals surface area contributed by atoms with Crippen LogP contribution in [0.15, 0.2) is 83.1 Å². The number of nitrogens with one attached hydrogen (secondary N) is 3. The van der Waals surface area contributed by atoms with Crippen molar-refractivity contribution in [2.75, 3.05) is 18.8 Å². The molecule has 3 N–H and O–H groups in total. The summed E-state index contributed by atoms with van der Waals surface area (Å²) in [6, 6.07) is 19.4. The van der Waals surface area contributed by atoms with Crippen LogP contribution in [0.5, 0.6) is 0 Å². The number of carbonyl (C=O) groups is 1. The molecule has 0 aliphatic rings. The number of guanidine groups is 1. The zero-order chi connectivity index (χ0) is 20.2. The van der Waals surface area contributed by atoms with Crippen LogP contribution in [-0.2, 0) is 6.42 Å². The number of amides is 1. The number of hydrogen-bond donors (Lipinski definition) is 3. The van der Waals surface area contributed by atoms with Gasteiger partial charge in [0.05, 0.1) is 18.6 Å². The summed E-state index contributed by atoms with van der Waals surface area (Å²) in [5.74, 6) is 1.18. The van der Waals surface area contributed by atoms with E-state index < -0.39 is 0 Å². The lowest BCUT2D eigenvalue weighted by molar-refractivity contribution is 0.0975. The van der Waals surface area contributed by atoms with Gasteiger partial charge < -0.3 is 10.3 Å². The van der Waals surface area contributed by atoms with Crippen LogP contribution in [0.1, 0.15) is 22.5 Å². The molecule has 150 valence electrons. The van der Waals surface area contributed by atoms with Crippen LogP contribution < -0.4 is 10.6 Å². The highest BCUT2D eigenvalue weighted by atomic mass is 32.2. The Kier molecular flexibility index (Phi) is 8.34. The number of aryl methyl sites for hydroxylation is 1. The summed E-state index contributed by atoms with van der Waals surface area (Å²) in [5.41, 5.74) is 1.63. The van der Waals surface area contributed by atoms with Crippen LogP contribution in [0.2, 0.25) is 0 Å². The van der Waals surface area contributed by atoms with E-state index in [1.54, 1.807) is 30.2 Å². The van der Waals surface area contributed by atoms with Gasteiger partial charge >= 0.3 is 0 Å². The average Bonchev–Trinajstić information content (AvgIpc) is 3.29. The number of nitrogens with zero attached hydrogens (tertiary/aromatic N) is 2. The molecule has 0 bridgehead atoms. The molecule has 7 heteroatoms. The second-order valence-electron chi connectivity index (χ2n) is 6.30. The Morgan fingerprint density at radius 3 is 2.55 bits per heavy atom. The van der Waals surface area contributed by atoms with Crippen molar-refractivity contribution in [1.29, 1.82) is 0 Å². The Bertz CT molecular complexity index is 882. The molecule has 3 aromatic rings. The third-order valence-electron chi connectivity index (χ3n) is 4.10. The number of hydrogen-bond acceptors (Lipinski definition) is 4. The van der Waals surface area contributed by atoms with Gasteiger partial charge in [0.25, 0.3) is 5.91 Å². The first kappa shape index (κ1) is 20.7. The van der Waals surface area contributed by atoms with Gasteiger partial charge in [-0.05, 0) is 37.1 Å². The second-order valence-corrected chi connectivity index (χ2v) is 7.47. The number of benzene rings is 2. The molecule has 0 aliphatic heterocycles. The fourth-order valence-electron chi connectivity index (χ4n) is 2.65. The van der Waals surface area contributed by atoms with Crippen LogP contribution in [0, 0.1) is 0 Å². The zero-order valence-electron chi connectivity index (χ0n) is 16.2. The highest BCUT2D eigenvalue weighted by Gasteiger charge is 2.08. The van der Waals surface area contributed by atoms with E-state index in [1.165, 1.54) is 4.90 Å². The first-order valence-corrected chi connectivity index (χ1v) is 10.6. The molecular formula is C22H25N5OS. The minimum Gasteiger partial charge on any atom is -0.356 e. The summed E-state index contributed by atoms with van der Waals surface area (Å²) in [6.07, 6.45) is 5.33. The molecule has 0 saturated carbocycles. The molecule has 0 unspecified atom stereocenters. The van der Waals surface area contributed by atoms with Gasteiger partial charge in [-0.3, -0.25) is 15.1 Å². The number of aromatic amines is 1. The van der Waals surface area contributed by atoms with Gasteiger partial charge in [-0.25, -0.2) is 4.98 Å². The minimum absolute atomic E-state index is 0.167. The number of thioether (sulfide) groups is 1. The molecule has 1 heterocycles. The fraction of sp³-hybridized carbons (Fsp3) is 0.227. The molecule has 1 aromatic heterocycles. The van der Waals surface area contributed by atoms with Crippen LogP contribution in [0.3, 0.4) is 0 Å². The number of carbonyl (C=O) groups excluding carboxylic acids is 1. The highest BCUT2D eigenvalue weighted by Crippen LogP contribution is 2.16. The molecule has 0 spiro atoms. The quantitative estimate of drug-likeness (QED) is 0.219. The van der Waals surface area contributed by atoms with Crippen molar-refractivity contribution in [3.8, 4) is 0 Å². The van der Waals surface area contributed by atoms with Gasteiger partial charge in [0, 0.05) is 29.0 Å². The second kappa shape index (κ2) is 11.7. The van der Waals surface area contributed by atoms with Crippen LogP contribution in [-0.4, -0.2) is 40.7 Å². The lowest BCUT2D eigenvalue weighted by Gasteiger charge is -2.11. The number of imidazole rings is 1. The summed E-state index contributed by atoms with van der Waals surface area (Å²) in [5, 5.41) is 6.15. The van der Waals surface area contributed by atoms with Gasteiger partial charge in [-0.15, -0.1) is 11.8 Å². The largest absolute Gasteiger partial charge is 0.356 e. The van der Waals surface area contributed by atoms with E-state index in [9.17, 15) is 4.79 Å². The monoisotopic (exact) mass is 407 g/mol. The van der Waals surface area contributed by atoms with Gasteiger partial charge in [0.1, 0.15) is 0 Å². The molecule has 1 amide bonds. The van der Waals surface area contributed by atoms with Gasteiger partial charge in [0.2, 0.25) is 0 Å². The zero-order valence-corrected chi connectivity index (χ0v) is 17.0. The average molecular weight is 408 g/mol. The van der Waals surface area contributed by atoms with Crippen LogP contribution in [0.25, 0.3) is 0 Å². The maximum atomic E-state index is 12.5. The summed E-state index contributed by atoms with van der Waals surface area (Å²) in [4.78, 5) is 25.4. The van der Waals surface area contributed by atoms with Crippen molar-refractivity contribution in [3.05, 3.63) is 84.4 Å². The van der Waals surface area contributed by atoms with E-state index in [2.05, 4.69) is 37.7 Å². The molecule has 3 rings (SSSR count). The van der Waals surface area contributed by atoms with Crippen molar-refractivity contribution in [2.24, 2.45) is 4.99 Å². The summed E-state index contributed by atoms with van der Waals surface area (Å²) >= 11 is 1.74. The smallest absolute Gasteiger partial charge is 0.257 e. The summed E-state index contributed by atoms with van der Waals surface area (Å²) < 4.78 is 0. The third kappa shape index (κ3) is 7.46. The van der Waals surface area contributed by atoms with Gasteiger partial charge in [-0.1, -0.05) is 36.4 Å². The molecule has 0 atom stereocenters. The summed E-state index contributed by atoms with van der Waals surface area (Å²) in [7, 11) is 0. The molecule has 29 heavy (non-hydrogen) atoms. The van der Waals surface area contributed by atoms with Crippen molar-refractivity contribution in [2.45, 2.75) is 17.7 Å². The SMILES string of the molecule is O=C(N/C(=N\CCSc1ccccc1)NCCCc1c[nH]cn1)c1ccccc1. The summed E-state index contributed by atoms with van der Waals surface area (Å²) in [6.45, 7) is 1.31. The van der Waals surface area contributed by atoms with Crippen molar-refractivity contribution in [1.82, 2.24) is 20.6 Å². The Morgan fingerprint density at radius 2 is 1.83 bits per heavy atom. The first-order chi connectivity index (χ1) is 14.3. The maximum absolute atomic E-state index is 12.5. The molecule has 2 aromatic carbocycles. The Hall–Kier alpha value is -3.06. The third-order valence-corrected chi connectivity index (χ3v) is 5.09. The van der Waals surface area contributed by atoms with E-state index in [0.717, 1.165) is 24.3 Å². The van der Waals surface area contributed by atoms with E-state index >= 15 is 0 Å². The molecule has 0 fully saturated rings. The standard InChI is InChI=1S/C22H25N5OS/c28-21(18-8-3-1-4-9-18)27-22(24-13-7-10-19-16-23-17-26-19)25-14-15-29-20-11-5-2-6-12-20/h1-6,8-9,11-12,16-17H,7,10,13-15H2,(H,23,26)(H2,24,25,27,28). The minimum atomic E-state index is -0.167. The van der Waals surface area contributed by atoms with Crippen LogP contribution in [0.4, 0.5) is 0 Å². The predicted molar refractivity (Wildman–Crippen MR) is 118 cm³/mol. The topological polar surface area (TPSA) is 82.2 Å². The molecule has 0 aliphatic carbocycles. The number of aliphatic imine (C=N–C) groups is 1. The van der Waals surface area contributed by atoms with E-state index in [4.69, 9.17) is 0 Å². The Labute approximate surface area is 175 Å². The predicted octanol–water partition coefficient (Wildman–Crippen LogP) is 3.51.